The number of aryl methyl sites for hydroxylation is 1. The van der Waals surface area contributed by atoms with Gasteiger partial charge in [0.15, 0.2) is 0 Å². The minimum Gasteiger partial charge on any atom is -0.477 e. The van der Waals surface area contributed by atoms with Crippen LogP contribution in [0, 0.1) is 0 Å². The number of benzene rings is 1. The van der Waals surface area contributed by atoms with E-state index in [1.165, 1.54) is 11.1 Å². The average Bonchev–Trinajstić information content (AvgIpc) is 2.28. The highest BCUT2D eigenvalue weighted by Gasteiger charge is 2.10. The van der Waals surface area contributed by atoms with E-state index in [9.17, 15) is 0 Å². The van der Waals surface area contributed by atoms with Crippen LogP contribution in [-0.2, 0) is 6.42 Å². The Morgan fingerprint density at radius 3 is 2.56 bits per heavy atom. The molecular weight excluding hydrogens is 215 g/mol. The quantitative estimate of drug-likeness (QED) is 0.678. The van der Waals surface area contributed by atoms with Crippen LogP contribution in [0.15, 0.2) is 18.7 Å². The Morgan fingerprint density at radius 1 is 1.44 bits per heavy atom. The molecule has 0 fully saturated rings. The highest BCUT2D eigenvalue weighted by Crippen LogP contribution is 2.31. The Kier molecular flexibility index (Phi) is 5.02. The molecule has 88 valence electrons. The molecule has 1 rings (SSSR count). The summed E-state index contributed by atoms with van der Waals surface area (Å²) < 4.78 is 5.66. The molecule has 0 saturated heterocycles. The van der Waals surface area contributed by atoms with Gasteiger partial charge in [0.1, 0.15) is 5.75 Å². The summed E-state index contributed by atoms with van der Waals surface area (Å²) in [6.45, 7) is 12.5. The predicted octanol–water partition coefficient (Wildman–Crippen LogP) is 4.62. The van der Waals surface area contributed by atoms with E-state index in [1.54, 1.807) is 0 Å². The van der Waals surface area contributed by atoms with Crippen molar-refractivity contribution in [1.82, 2.24) is 0 Å². The molecule has 1 aromatic rings. The van der Waals surface area contributed by atoms with Crippen LogP contribution in [0.1, 0.15) is 43.4 Å². The van der Waals surface area contributed by atoms with Crippen molar-refractivity contribution in [3.8, 4) is 5.75 Å². The van der Waals surface area contributed by atoms with Gasteiger partial charge in [-0.25, -0.2) is 0 Å². The zero-order valence-electron chi connectivity index (χ0n) is 10.6. The van der Waals surface area contributed by atoms with Gasteiger partial charge in [-0.1, -0.05) is 33.4 Å². The smallest absolute Gasteiger partial charge is 0.130 e. The van der Waals surface area contributed by atoms with Crippen LogP contribution >= 0.6 is 8.81 Å². The first-order valence-electron chi connectivity index (χ1n) is 5.76. The lowest BCUT2D eigenvalue weighted by Crippen LogP contribution is -1.97. The highest BCUT2D eigenvalue weighted by atomic mass is 31.1. The van der Waals surface area contributed by atoms with Gasteiger partial charge in [-0.2, -0.15) is 0 Å². The summed E-state index contributed by atoms with van der Waals surface area (Å²) in [6, 6.07) is 4.38. The van der Waals surface area contributed by atoms with Crippen molar-refractivity contribution in [2.24, 2.45) is 0 Å². The molecule has 2 heteroatoms. The standard InChI is InChI=1S/C14H21OP/c1-6-11-9-14(15-16-5)12(7-2)8-13(11)10(3)4/h7-10,16H,2,6H2,1,3-5H3. The summed E-state index contributed by atoms with van der Waals surface area (Å²) in [4.78, 5) is 0. The van der Waals surface area contributed by atoms with Gasteiger partial charge in [-0.05, 0) is 42.3 Å². The molecule has 0 bridgehead atoms. The van der Waals surface area contributed by atoms with Gasteiger partial charge in [0.25, 0.3) is 0 Å². The Labute approximate surface area is 101 Å². The molecule has 1 aromatic carbocycles. The Hall–Kier alpha value is -0.810. The SMILES string of the molecule is C=Cc1cc(C(C)C)c(CC)cc1OPC. The topological polar surface area (TPSA) is 9.23 Å². The minimum absolute atomic E-state index is 0.476. The molecular formula is C14H21OP. The van der Waals surface area contributed by atoms with E-state index in [1.807, 2.05) is 12.7 Å². The predicted molar refractivity (Wildman–Crippen MR) is 74.9 cm³/mol. The van der Waals surface area contributed by atoms with E-state index in [-0.39, 0.29) is 0 Å². The Balaban J connectivity index is 3.28. The molecule has 0 aliphatic heterocycles. The fraction of sp³-hybridized carbons (Fsp3) is 0.429. The summed E-state index contributed by atoms with van der Waals surface area (Å²) in [5, 5.41) is 0. The molecule has 0 aliphatic carbocycles. The second-order valence-electron chi connectivity index (χ2n) is 4.11. The number of hydrogen-bond donors (Lipinski definition) is 0. The first kappa shape index (κ1) is 13.3. The van der Waals surface area contributed by atoms with E-state index in [4.69, 9.17) is 4.52 Å². The van der Waals surface area contributed by atoms with E-state index >= 15 is 0 Å². The van der Waals surface area contributed by atoms with Crippen molar-refractivity contribution in [1.29, 1.82) is 0 Å². The van der Waals surface area contributed by atoms with Crippen molar-refractivity contribution in [3.63, 3.8) is 0 Å². The molecule has 0 aromatic heterocycles. The van der Waals surface area contributed by atoms with Crippen LogP contribution in [0.3, 0.4) is 0 Å². The van der Waals surface area contributed by atoms with Gasteiger partial charge >= 0.3 is 0 Å². The second kappa shape index (κ2) is 6.06. The molecule has 1 nitrogen and oxygen atoms in total. The molecule has 0 aliphatic rings. The molecule has 1 atom stereocenters. The van der Waals surface area contributed by atoms with Crippen LogP contribution in [0.25, 0.3) is 6.08 Å². The van der Waals surface area contributed by atoms with Crippen LogP contribution < -0.4 is 4.52 Å². The first-order valence-corrected chi connectivity index (χ1v) is 7.17. The maximum atomic E-state index is 5.66. The maximum Gasteiger partial charge on any atom is 0.130 e. The van der Waals surface area contributed by atoms with Gasteiger partial charge in [-0.15, -0.1) is 0 Å². The fourth-order valence-electron chi connectivity index (χ4n) is 1.86. The number of hydrogen-bond acceptors (Lipinski definition) is 1. The van der Waals surface area contributed by atoms with Gasteiger partial charge < -0.3 is 4.52 Å². The zero-order chi connectivity index (χ0) is 12.1. The maximum absolute atomic E-state index is 5.66. The molecule has 0 amide bonds. The average molecular weight is 236 g/mol. The summed E-state index contributed by atoms with van der Waals surface area (Å²) in [5.74, 6) is 1.52. The summed E-state index contributed by atoms with van der Waals surface area (Å²) in [6.07, 6.45) is 2.93. The number of rotatable bonds is 5. The molecule has 0 saturated carbocycles. The molecule has 0 spiro atoms. The summed E-state index contributed by atoms with van der Waals surface area (Å²) in [5.41, 5.74) is 3.90. The van der Waals surface area contributed by atoms with Gasteiger partial charge in [0, 0.05) is 5.56 Å². The van der Waals surface area contributed by atoms with Gasteiger partial charge in [0.05, 0.1) is 8.81 Å². The largest absolute Gasteiger partial charge is 0.477 e. The fourth-order valence-corrected chi connectivity index (χ4v) is 2.25. The van der Waals surface area contributed by atoms with Crippen molar-refractivity contribution in [2.75, 3.05) is 6.66 Å². The monoisotopic (exact) mass is 236 g/mol. The van der Waals surface area contributed by atoms with Crippen LogP contribution in [0.4, 0.5) is 0 Å². The van der Waals surface area contributed by atoms with Gasteiger partial charge in [0.2, 0.25) is 0 Å². The Bertz CT molecular complexity index is 369. The molecule has 0 N–H and O–H groups in total. The van der Waals surface area contributed by atoms with Crippen LogP contribution in [0.2, 0.25) is 0 Å². The van der Waals surface area contributed by atoms with E-state index in [0.29, 0.717) is 14.7 Å². The van der Waals surface area contributed by atoms with Gasteiger partial charge in [-0.3, -0.25) is 0 Å². The van der Waals surface area contributed by atoms with Crippen molar-refractivity contribution >= 4 is 14.9 Å². The van der Waals surface area contributed by atoms with Crippen molar-refractivity contribution in [3.05, 3.63) is 35.4 Å². The van der Waals surface area contributed by atoms with E-state index in [2.05, 4.69) is 39.5 Å². The molecule has 0 radical (unpaired) electrons. The summed E-state index contributed by atoms with van der Waals surface area (Å²) >= 11 is 0. The lowest BCUT2D eigenvalue weighted by molar-refractivity contribution is 0.630. The first-order chi connectivity index (χ1) is 7.63. The molecule has 1 unspecified atom stereocenters. The lowest BCUT2D eigenvalue weighted by Gasteiger charge is -2.16. The second-order valence-corrected chi connectivity index (χ2v) is 4.72. The van der Waals surface area contributed by atoms with E-state index < -0.39 is 0 Å². The summed E-state index contributed by atoms with van der Waals surface area (Å²) in [7, 11) is 0.476. The third-order valence-electron chi connectivity index (χ3n) is 2.71. The Morgan fingerprint density at radius 2 is 2.12 bits per heavy atom. The van der Waals surface area contributed by atoms with E-state index in [0.717, 1.165) is 17.7 Å². The third kappa shape index (κ3) is 2.86. The van der Waals surface area contributed by atoms with Crippen LogP contribution in [-0.4, -0.2) is 6.66 Å². The normalized spacial score (nSPS) is 11.3. The molecule has 0 heterocycles. The van der Waals surface area contributed by atoms with Crippen molar-refractivity contribution < 1.29 is 4.52 Å². The highest BCUT2D eigenvalue weighted by molar-refractivity contribution is 7.31. The third-order valence-corrected chi connectivity index (χ3v) is 3.13. The zero-order valence-corrected chi connectivity index (χ0v) is 11.6. The lowest BCUT2D eigenvalue weighted by atomic mass is 9.93. The van der Waals surface area contributed by atoms with Crippen molar-refractivity contribution in [2.45, 2.75) is 33.1 Å². The molecule has 16 heavy (non-hydrogen) atoms. The van der Waals surface area contributed by atoms with Crippen LogP contribution in [0.5, 0.6) is 5.75 Å². The minimum atomic E-state index is 0.476.